The standard InChI is InChI=1S/C29H33N5O4/c1-19(2)38-22-12-10-20(11-13-22)18-37-28-23(26(35)32-24-8-5-6-15-30-27(24)36)17-31-29(33-28)34-16-14-21-7-3-4-9-25(21)34/h3-4,7,9-13,17,19,24H,5-6,8,14-16,18H2,1-2H3,(H,30,36)(H,32,35). The van der Waals surface area contributed by atoms with Gasteiger partial charge in [0.25, 0.3) is 5.91 Å². The Morgan fingerprint density at radius 1 is 1.16 bits per heavy atom. The van der Waals surface area contributed by atoms with Crippen LogP contribution in [0.5, 0.6) is 11.6 Å². The van der Waals surface area contributed by atoms with Crippen molar-refractivity contribution in [2.75, 3.05) is 18.0 Å². The highest BCUT2D eigenvalue weighted by molar-refractivity contribution is 5.99. The minimum Gasteiger partial charge on any atom is -0.491 e. The van der Waals surface area contributed by atoms with Gasteiger partial charge in [-0.3, -0.25) is 9.59 Å². The second kappa shape index (κ2) is 11.5. The first-order chi connectivity index (χ1) is 18.5. The van der Waals surface area contributed by atoms with Gasteiger partial charge in [-0.2, -0.15) is 4.98 Å². The predicted octanol–water partition coefficient (Wildman–Crippen LogP) is 3.94. The summed E-state index contributed by atoms with van der Waals surface area (Å²) in [5.41, 5.74) is 3.37. The van der Waals surface area contributed by atoms with Crippen LogP contribution in [0.25, 0.3) is 0 Å². The lowest BCUT2D eigenvalue weighted by Crippen LogP contribution is -2.45. The Kier molecular flexibility index (Phi) is 7.72. The van der Waals surface area contributed by atoms with E-state index in [1.165, 1.54) is 11.8 Å². The monoisotopic (exact) mass is 515 g/mol. The number of amides is 2. The highest BCUT2D eigenvalue weighted by atomic mass is 16.5. The quantitative estimate of drug-likeness (QED) is 0.468. The number of ether oxygens (including phenoxy) is 2. The average molecular weight is 516 g/mol. The summed E-state index contributed by atoms with van der Waals surface area (Å²) in [5, 5.41) is 5.70. The van der Waals surface area contributed by atoms with Crippen LogP contribution in [0.4, 0.5) is 11.6 Å². The van der Waals surface area contributed by atoms with Gasteiger partial charge in [-0.05, 0) is 68.9 Å². The van der Waals surface area contributed by atoms with Gasteiger partial charge < -0.3 is 25.0 Å². The molecule has 0 aliphatic carbocycles. The molecule has 2 aliphatic heterocycles. The third-order valence-electron chi connectivity index (χ3n) is 6.63. The lowest BCUT2D eigenvalue weighted by atomic mass is 10.1. The number of para-hydroxylation sites is 1. The van der Waals surface area contributed by atoms with Crippen molar-refractivity contribution < 1.29 is 19.1 Å². The predicted molar refractivity (Wildman–Crippen MR) is 144 cm³/mol. The van der Waals surface area contributed by atoms with E-state index in [-0.39, 0.29) is 30.1 Å². The third kappa shape index (κ3) is 5.88. The zero-order valence-corrected chi connectivity index (χ0v) is 21.8. The van der Waals surface area contributed by atoms with E-state index in [4.69, 9.17) is 9.47 Å². The van der Waals surface area contributed by atoms with Crippen molar-refractivity contribution in [1.29, 1.82) is 0 Å². The van der Waals surface area contributed by atoms with Gasteiger partial charge in [-0.15, -0.1) is 0 Å². The molecular formula is C29H33N5O4. The number of nitrogens with one attached hydrogen (secondary N) is 2. The van der Waals surface area contributed by atoms with Gasteiger partial charge in [0.1, 0.15) is 24.0 Å². The normalized spacial score (nSPS) is 17.0. The first kappa shape index (κ1) is 25.5. The van der Waals surface area contributed by atoms with E-state index in [1.54, 1.807) is 0 Å². The van der Waals surface area contributed by atoms with E-state index in [1.807, 2.05) is 61.2 Å². The molecule has 1 fully saturated rings. The van der Waals surface area contributed by atoms with Crippen molar-refractivity contribution in [2.45, 2.75) is 58.3 Å². The molecule has 0 spiro atoms. The fourth-order valence-electron chi connectivity index (χ4n) is 4.70. The minimum atomic E-state index is -0.600. The van der Waals surface area contributed by atoms with Gasteiger partial charge >= 0.3 is 0 Å². The van der Waals surface area contributed by atoms with Crippen LogP contribution in [0.2, 0.25) is 0 Å². The summed E-state index contributed by atoms with van der Waals surface area (Å²) in [6.07, 6.45) is 4.79. The van der Waals surface area contributed by atoms with Gasteiger partial charge in [0.05, 0.1) is 6.10 Å². The SMILES string of the molecule is CC(C)Oc1ccc(COc2nc(N3CCc4ccccc43)ncc2C(=O)NC2CCCCNC2=O)cc1. The van der Waals surface area contributed by atoms with Crippen LogP contribution >= 0.6 is 0 Å². The fraction of sp³-hybridized carbons (Fsp3) is 0.379. The maximum Gasteiger partial charge on any atom is 0.259 e. The minimum absolute atomic E-state index is 0.0869. The molecule has 1 aromatic heterocycles. The highest BCUT2D eigenvalue weighted by Gasteiger charge is 2.27. The molecule has 198 valence electrons. The van der Waals surface area contributed by atoms with E-state index in [0.29, 0.717) is 18.9 Å². The first-order valence-electron chi connectivity index (χ1n) is 13.2. The molecule has 9 heteroatoms. The lowest BCUT2D eigenvalue weighted by molar-refractivity contribution is -0.122. The van der Waals surface area contributed by atoms with Gasteiger partial charge in [0.2, 0.25) is 17.7 Å². The number of hydrogen-bond acceptors (Lipinski definition) is 7. The van der Waals surface area contributed by atoms with Crippen molar-refractivity contribution in [3.63, 3.8) is 0 Å². The molecule has 1 atom stereocenters. The van der Waals surface area contributed by atoms with E-state index >= 15 is 0 Å². The van der Waals surface area contributed by atoms with Crippen molar-refractivity contribution in [3.05, 3.63) is 71.4 Å². The molecule has 2 N–H and O–H groups in total. The summed E-state index contributed by atoms with van der Waals surface area (Å²) in [7, 11) is 0. The van der Waals surface area contributed by atoms with E-state index in [2.05, 4.69) is 26.7 Å². The summed E-state index contributed by atoms with van der Waals surface area (Å²) in [6.45, 7) is 5.53. The van der Waals surface area contributed by atoms with Gasteiger partial charge in [-0.1, -0.05) is 30.3 Å². The molecule has 0 radical (unpaired) electrons. The third-order valence-corrected chi connectivity index (χ3v) is 6.63. The molecule has 0 saturated carbocycles. The zero-order chi connectivity index (χ0) is 26.5. The van der Waals surface area contributed by atoms with Gasteiger partial charge in [-0.25, -0.2) is 4.98 Å². The van der Waals surface area contributed by atoms with Crippen molar-refractivity contribution >= 4 is 23.5 Å². The molecule has 3 heterocycles. The van der Waals surface area contributed by atoms with E-state index in [0.717, 1.165) is 42.8 Å². The largest absolute Gasteiger partial charge is 0.491 e. The van der Waals surface area contributed by atoms with Gasteiger partial charge in [0, 0.05) is 25.0 Å². The zero-order valence-electron chi connectivity index (χ0n) is 21.8. The number of aromatic nitrogens is 2. The molecule has 3 aromatic rings. The Morgan fingerprint density at radius 3 is 2.79 bits per heavy atom. The molecule has 1 unspecified atom stereocenters. The topological polar surface area (TPSA) is 106 Å². The highest BCUT2D eigenvalue weighted by Crippen LogP contribution is 2.33. The number of rotatable bonds is 8. The lowest BCUT2D eigenvalue weighted by Gasteiger charge is -2.20. The molecular weight excluding hydrogens is 482 g/mol. The van der Waals surface area contributed by atoms with Crippen LogP contribution < -0.4 is 25.0 Å². The van der Waals surface area contributed by atoms with E-state index in [9.17, 15) is 9.59 Å². The second-order valence-corrected chi connectivity index (χ2v) is 9.83. The molecule has 1 saturated heterocycles. The van der Waals surface area contributed by atoms with Crippen molar-refractivity contribution in [2.24, 2.45) is 0 Å². The van der Waals surface area contributed by atoms with Crippen molar-refractivity contribution in [3.8, 4) is 11.6 Å². The number of hydrogen-bond donors (Lipinski definition) is 2. The molecule has 2 amide bonds. The number of anilines is 2. The van der Waals surface area contributed by atoms with Crippen LogP contribution in [-0.2, 0) is 17.8 Å². The Labute approximate surface area is 222 Å². The number of carbonyl (C=O) groups is 2. The van der Waals surface area contributed by atoms with Crippen molar-refractivity contribution in [1.82, 2.24) is 20.6 Å². The summed E-state index contributed by atoms with van der Waals surface area (Å²) in [6, 6.07) is 15.2. The second-order valence-electron chi connectivity index (χ2n) is 9.83. The van der Waals surface area contributed by atoms with Crippen LogP contribution in [0.15, 0.2) is 54.7 Å². The number of fused-ring (bicyclic) bond motifs is 1. The number of nitrogens with zero attached hydrogens (tertiary/aromatic N) is 3. The first-order valence-corrected chi connectivity index (χ1v) is 13.2. The Morgan fingerprint density at radius 2 is 1.97 bits per heavy atom. The summed E-state index contributed by atoms with van der Waals surface area (Å²) < 4.78 is 11.8. The summed E-state index contributed by atoms with van der Waals surface area (Å²) >= 11 is 0. The molecule has 38 heavy (non-hydrogen) atoms. The smallest absolute Gasteiger partial charge is 0.259 e. The van der Waals surface area contributed by atoms with Crippen LogP contribution in [-0.4, -0.2) is 47.0 Å². The van der Waals surface area contributed by atoms with Crippen LogP contribution in [0.3, 0.4) is 0 Å². The van der Waals surface area contributed by atoms with Crippen LogP contribution in [0.1, 0.15) is 54.6 Å². The van der Waals surface area contributed by atoms with Crippen LogP contribution in [0, 0.1) is 0 Å². The molecule has 0 bridgehead atoms. The molecule has 5 rings (SSSR count). The fourth-order valence-corrected chi connectivity index (χ4v) is 4.70. The maximum atomic E-state index is 13.3. The Hall–Kier alpha value is -4.14. The Balaban J connectivity index is 1.39. The number of carbonyl (C=O) groups excluding carboxylic acids is 2. The summed E-state index contributed by atoms with van der Waals surface area (Å²) in [5.74, 6) is 0.815. The van der Waals surface area contributed by atoms with Gasteiger partial charge in [0.15, 0.2) is 0 Å². The average Bonchev–Trinajstić information content (AvgIpc) is 3.25. The molecule has 2 aromatic carbocycles. The van der Waals surface area contributed by atoms with E-state index < -0.39 is 11.9 Å². The number of benzene rings is 2. The summed E-state index contributed by atoms with van der Waals surface area (Å²) in [4.78, 5) is 36.9. The molecule has 9 nitrogen and oxygen atoms in total. The maximum absolute atomic E-state index is 13.3. The Bertz CT molecular complexity index is 1290. The molecule has 2 aliphatic rings.